The third kappa shape index (κ3) is 3.47. The van der Waals surface area contributed by atoms with Gasteiger partial charge in [-0.25, -0.2) is 9.78 Å². The van der Waals surface area contributed by atoms with Crippen LogP contribution in [0.3, 0.4) is 0 Å². The highest BCUT2D eigenvalue weighted by Crippen LogP contribution is 2.23. The molecule has 0 aliphatic carbocycles. The molecule has 1 aliphatic heterocycles. The van der Waals surface area contributed by atoms with Gasteiger partial charge in [0.1, 0.15) is 5.60 Å². The van der Waals surface area contributed by atoms with E-state index in [1.165, 1.54) is 0 Å². The molecule has 0 spiro atoms. The predicted octanol–water partition coefficient (Wildman–Crippen LogP) is 1.32. The van der Waals surface area contributed by atoms with E-state index in [0.29, 0.717) is 19.4 Å². The van der Waals surface area contributed by atoms with Crippen LogP contribution in [0.15, 0.2) is 12.5 Å². The molecule has 2 atom stereocenters. The minimum absolute atomic E-state index is 0.254. The van der Waals surface area contributed by atoms with Gasteiger partial charge in [0.2, 0.25) is 0 Å². The molecule has 2 rings (SSSR count). The summed E-state index contributed by atoms with van der Waals surface area (Å²) in [7, 11) is 0. The number of aromatic amines is 1. The van der Waals surface area contributed by atoms with Crippen molar-refractivity contribution in [1.29, 1.82) is 0 Å². The topological polar surface area (TPSA) is 78.4 Å². The summed E-state index contributed by atoms with van der Waals surface area (Å²) in [5.74, 6) is 0. The fourth-order valence-corrected chi connectivity index (χ4v) is 2.25. The number of rotatable bonds is 2. The third-order valence-corrected chi connectivity index (χ3v) is 3.12. The first-order chi connectivity index (χ1) is 8.87. The number of hydrogen-bond donors (Lipinski definition) is 2. The van der Waals surface area contributed by atoms with E-state index in [4.69, 9.17) is 4.74 Å². The Balaban J connectivity index is 2.04. The number of ether oxygens (including phenoxy) is 1. The summed E-state index contributed by atoms with van der Waals surface area (Å²) in [4.78, 5) is 20.7. The number of aromatic nitrogens is 2. The number of likely N-dealkylation sites (tertiary alicyclic amines) is 1. The quantitative estimate of drug-likeness (QED) is 0.847. The van der Waals surface area contributed by atoms with Crippen molar-refractivity contribution in [2.45, 2.75) is 51.4 Å². The standard InChI is InChI=1S/C13H21N3O3/c1-13(2,3)19-12(18)16-5-4-11(17)10(16)6-9-7-14-8-15-9/h7-8,10-11,17H,4-6H2,1-3H3,(H,14,15)/t10-,11?/m0/s1. The van der Waals surface area contributed by atoms with Gasteiger partial charge >= 0.3 is 6.09 Å². The molecule has 1 aliphatic rings. The van der Waals surface area contributed by atoms with E-state index >= 15 is 0 Å². The molecule has 19 heavy (non-hydrogen) atoms. The van der Waals surface area contributed by atoms with Crippen molar-refractivity contribution in [3.63, 3.8) is 0 Å². The Morgan fingerprint density at radius 3 is 2.95 bits per heavy atom. The zero-order valence-electron chi connectivity index (χ0n) is 11.6. The van der Waals surface area contributed by atoms with Gasteiger partial charge in [-0.1, -0.05) is 0 Å². The summed E-state index contributed by atoms with van der Waals surface area (Å²) in [6, 6.07) is -0.254. The summed E-state index contributed by atoms with van der Waals surface area (Å²) in [5, 5.41) is 10.0. The van der Waals surface area contributed by atoms with Gasteiger partial charge in [-0.2, -0.15) is 0 Å². The normalized spacial score (nSPS) is 23.7. The Labute approximate surface area is 112 Å². The van der Waals surface area contributed by atoms with Gasteiger partial charge < -0.3 is 19.7 Å². The molecule has 1 unspecified atom stereocenters. The number of carbonyl (C=O) groups is 1. The number of aliphatic hydroxyl groups is 1. The number of amides is 1. The van der Waals surface area contributed by atoms with Crippen LogP contribution in [-0.2, 0) is 11.2 Å². The molecule has 0 saturated carbocycles. The minimum atomic E-state index is -0.525. The van der Waals surface area contributed by atoms with Gasteiger partial charge in [0.05, 0.1) is 18.5 Å². The Bertz CT molecular complexity index is 425. The van der Waals surface area contributed by atoms with Crippen molar-refractivity contribution >= 4 is 6.09 Å². The number of carbonyl (C=O) groups excluding carboxylic acids is 1. The monoisotopic (exact) mass is 267 g/mol. The largest absolute Gasteiger partial charge is 0.444 e. The van der Waals surface area contributed by atoms with Crippen LogP contribution < -0.4 is 0 Å². The van der Waals surface area contributed by atoms with E-state index in [2.05, 4.69) is 9.97 Å². The van der Waals surface area contributed by atoms with Crippen LogP contribution in [0, 0.1) is 0 Å². The van der Waals surface area contributed by atoms with E-state index < -0.39 is 11.7 Å². The number of imidazole rings is 1. The van der Waals surface area contributed by atoms with Crippen LogP contribution in [0.2, 0.25) is 0 Å². The van der Waals surface area contributed by atoms with Gasteiger partial charge in [-0.05, 0) is 27.2 Å². The van der Waals surface area contributed by atoms with Gasteiger partial charge in [-0.3, -0.25) is 0 Å². The molecule has 2 N–H and O–H groups in total. The average Bonchev–Trinajstić information content (AvgIpc) is 2.88. The lowest BCUT2D eigenvalue weighted by molar-refractivity contribution is 0.0155. The predicted molar refractivity (Wildman–Crippen MR) is 69.6 cm³/mol. The smallest absolute Gasteiger partial charge is 0.410 e. The summed E-state index contributed by atoms with van der Waals surface area (Å²) in [6.07, 6.45) is 3.55. The first-order valence-corrected chi connectivity index (χ1v) is 6.52. The highest BCUT2D eigenvalue weighted by Gasteiger charge is 2.38. The Morgan fingerprint density at radius 2 is 2.37 bits per heavy atom. The number of aliphatic hydroxyl groups excluding tert-OH is 1. The molecule has 1 saturated heterocycles. The molecule has 0 radical (unpaired) electrons. The molecule has 2 heterocycles. The SMILES string of the molecule is CC(C)(C)OC(=O)N1CCC(O)[C@@H]1Cc1cnc[nH]1. The number of nitrogens with one attached hydrogen (secondary N) is 1. The Morgan fingerprint density at radius 1 is 1.63 bits per heavy atom. The zero-order chi connectivity index (χ0) is 14.0. The first-order valence-electron chi connectivity index (χ1n) is 6.52. The van der Waals surface area contributed by atoms with Crippen molar-refractivity contribution in [3.8, 4) is 0 Å². The lowest BCUT2D eigenvalue weighted by Gasteiger charge is -2.29. The Hall–Kier alpha value is -1.56. The average molecular weight is 267 g/mol. The second kappa shape index (κ2) is 5.21. The van der Waals surface area contributed by atoms with Crippen LogP contribution >= 0.6 is 0 Å². The number of H-pyrrole nitrogens is 1. The van der Waals surface area contributed by atoms with Crippen molar-refractivity contribution in [1.82, 2.24) is 14.9 Å². The van der Waals surface area contributed by atoms with Crippen LogP contribution in [0.5, 0.6) is 0 Å². The molecule has 0 bridgehead atoms. The van der Waals surface area contributed by atoms with Crippen molar-refractivity contribution in [3.05, 3.63) is 18.2 Å². The first kappa shape index (κ1) is 13.9. The maximum absolute atomic E-state index is 12.1. The highest BCUT2D eigenvalue weighted by atomic mass is 16.6. The Kier molecular flexibility index (Phi) is 3.80. The zero-order valence-corrected chi connectivity index (χ0v) is 11.6. The van der Waals surface area contributed by atoms with Gasteiger partial charge in [0.25, 0.3) is 0 Å². The van der Waals surface area contributed by atoms with E-state index in [9.17, 15) is 9.90 Å². The highest BCUT2D eigenvalue weighted by molar-refractivity contribution is 5.69. The second-order valence-corrected chi connectivity index (χ2v) is 5.88. The molecule has 1 fully saturated rings. The van der Waals surface area contributed by atoms with E-state index in [-0.39, 0.29) is 12.1 Å². The number of nitrogens with zero attached hydrogens (tertiary/aromatic N) is 2. The van der Waals surface area contributed by atoms with Crippen LogP contribution in [0.25, 0.3) is 0 Å². The van der Waals surface area contributed by atoms with Crippen LogP contribution in [0.4, 0.5) is 4.79 Å². The second-order valence-electron chi connectivity index (χ2n) is 5.88. The molecule has 0 aromatic carbocycles. The molecule has 6 nitrogen and oxygen atoms in total. The van der Waals surface area contributed by atoms with E-state index in [0.717, 1.165) is 5.69 Å². The van der Waals surface area contributed by atoms with Crippen molar-refractivity contribution < 1.29 is 14.6 Å². The molecule has 1 aromatic heterocycles. The maximum Gasteiger partial charge on any atom is 0.410 e. The van der Waals surface area contributed by atoms with Gasteiger partial charge in [0, 0.05) is 24.9 Å². The summed E-state index contributed by atoms with van der Waals surface area (Å²) in [5.41, 5.74) is 0.378. The van der Waals surface area contributed by atoms with Gasteiger partial charge in [0.15, 0.2) is 0 Å². The maximum atomic E-state index is 12.1. The lowest BCUT2D eigenvalue weighted by Crippen LogP contribution is -2.43. The molecular formula is C13H21N3O3. The molecule has 1 amide bonds. The molecule has 106 valence electrons. The van der Waals surface area contributed by atoms with Crippen LogP contribution in [0.1, 0.15) is 32.9 Å². The fraction of sp³-hybridized carbons (Fsp3) is 0.692. The molecule has 1 aromatic rings. The molecular weight excluding hydrogens is 246 g/mol. The third-order valence-electron chi connectivity index (χ3n) is 3.12. The number of hydrogen-bond acceptors (Lipinski definition) is 4. The fourth-order valence-electron chi connectivity index (χ4n) is 2.25. The van der Waals surface area contributed by atoms with Gasteiger partial charge in [-0.15, -0.1) is 0 Å². The van der Waals surface area contributed by atoms with Crippen LogP contribution in [-0.4, -0.2) is 50.4 Å². The van der Waals surface area contributed by atoms with Crippen molar-refractivity contribution in [2.24, 2.45) is 0 Å². The van der Waals surface area contributed by atoms with E-state index in [1.54, 1.807) is 17.4 Å². The van der Waals surface area contributed by atoms with Crippen molar-refractivity contribution in [2.75, 3.05) is 6.54 Å². The summed E-state index contributed by atoms with van der Waals surface area (Å²) >= 11 is 0. The van der Waals surface area contributed by atoms with E-state index in [1.807, 2.05) is 20.8 Å². The lowest BCUT2D eigenvalue weighted by atomic mass is 10.1. The molecule has 6 heteroatoms. The summed E-state index contributed by atoms with van der Waals surface area (Å²) in [6.45, 7) is 6.03. The summed E-state index contributed by atoms with van der Waals surface area (Å²) < 4.78 is 5.37. The minimum Gasteiger partial charge on any atom is -0.444 e.